The van der Waals surface area contributed by atoms with E-state index in [9.17, 15) is 14.0 Å². The van der Waals surface area contributed by atoms with E-state index in [0.717, 1.165) is 6.07 Å². The van der Waals surface area contributed by atoms with Crippen LogP contribution in [0, 0.1) is 5.82 Å². The maximum absolute atomic E-state index is 13.7. The molecule has 25 heavy (non-hydrogen) atoms. The first-order valence-corrected chi connectivity index (χ1v) is 7.25. The van der Waals surface area contributed by atoms with Crippen LogP contribution in [-0.4, -0.2) is 32.0 Å². The Hall–Kier alpha value is -3.62. The molecule has 2 aromatic carbocycles. The summed E-state index contributed by atoms with van der Waals surface area (Å²) in [6.45, 7) is 1.27. The van der Waals surface area contributed by atoms with Crippen molar-refractivity contribution in [1.82, 2.24) is 20.2 Å². The molecule has 0 fully saturated rings. The van der Waals surface area contributed by atoms with Gasteiger partial charge in [0, 0.05) is 12.6 Å². The lowest BCUT2D eigenvalue weighted by molar-refractivity contribution is -0.114. The van der Waals surface area contributed by atoms with Crippen LogP contribution in [0.5, 0.6) is 0 Å². The fourth-order valence-corrected chi connectivity index (χ4v) is 2.22. The zero-order valence-electron chi connectivity index (χ0n) is 13.1. The zero-order chi connectivity index (χ0) is 17.8. The normalized spacial score (nSPS) is 10.3. The van der Waals surface area contributed by atoms with Crippen LogP contribution in [-0.2, 0) is 4.79 Å². The smallest absolute Gasteiger partial charge is 0.257 e. The Labute approximate surface area is 141 Å². The van der Waals surface area contributed by atoms with Gasteiger partial charge in [-0.05, 0) is 40.8 Å². The van der Waals surface area contributed by atoms with Crippen molar-refractivity contribution < 1.29 is 14.0 Å². The van der Waals surface area contributed by atoms with Crippen molar-refractivity contribution in [3.63, 3.8) is 0 Å². The number of nitrogens with zero attached hydrogens (tertiary/aromatic N) is 4. The highest BCUT2D eigenvalue weighted by molar-refractivity contribution is 6.07. The number of carbonyl (C=O) groups excluding carboxylic acids is 2. The summed E-state index contributed by atoms with van der Waals surface area (Å²) in [4.78, 5) is 23.7. The van der Waals surface area contributed by atoms with Gasteiger partial charge in [-0.1, -0.05) is 12.1 Å². The number of para-hydroxylation sites is 1. The number of rotatable bonds is 4. The number of amides is 2. The van der Waals surface area contributed by atoms with Gasteiger partial charge in [-0.2, -0.15) is 4.68 Å². The molecule has 1 heterocycles. The van der Waals surface area contributed by atoms with Gasteiger partial charge in [-0.15, -0.1) is 5.10 Å². The summed E-state index contributed by atoms with van der Waals surface area (Å²) >= 11 is 0. The molecule has 0 saturated carbocycles. The maximum Gasteiger partial charge on any atom is 0.257 e. The van der Waals surface area contributed by atoms with E-state index in [1.807, 2.05) is 0 Å². The van der Waals surface area contributed by atoms with E-state index >= 15 is 0 Å². The molecule has 1 aromatic heterocycles. The molecule has 0 aliphatic heterocycles. The van der Waals surface area contributed by atoms with Gasteiger partial charge >= 0.3 is 0 Å². The fourth-order valence-electron chi connectivity index (χ4n) is 2.22. The molecule has 0 aliphatic rings. The quantitative estimate of drug-likeness (QED) is 0.756. The van der Waals surface area contributed by atoms with Crippen LogP contribution in [0.1, 0.15) is 17.3 Å². The molecular formula is C16H13FN6O2. The molecular weight excluding hydrogens is 327 g/mol. The molecule has 9 heteroatoms. The minimum atomic E-state index is -0.595. The number of carbonyl (C=O) groups is 2. The number of benzene rings is 2. The Kier molecular flexibility index (Phi) is 4.46. The van der Waals surface area contributed by atoms with Crippen molar-refractivity contribution >= 4 is 23.2 Å². The molecule has 0 radical (unpaired) electrons. The van der Waals surface area contributed by atoms with Gasteiger partial charge in [0.05, 0.1) is 16.9 Å². The van der Waals surface area contributed by atoms with Crippen molar-refractivity contribution in [1.29, 1.82) is 0 Å². The third-order valence-corrected chi connectivity index (χ3v) is 3.28. The highest BCUT2D eigenvalue weighted by atomic mass is 19.1. The number of aromatic nitrogens is 4. The summed E-state index contributed by atoms with van der Waals surface area (Å²) in [6, 6.07) is 10.7. The van der Waals surface area contributed by atoms with Crippen LogP contribution in [0.3, 0.4) is 0 Å². The molecule has 3 aromatic rings. The lowest BCUT2D eigenvalue weighted by Gasteiger charge is -2.11. The summed E-state index contributed by atoms with van der Waals surface area (Å²) < 4.78 is 15.1. The van der Waals surface area contributed by atoms with Crippen molar-refractivity contribution in [3.8, 4) is 5.69 Å². The van der Waals surface area contributed by atoms with E-state index in [2.05, 4.69) is 26.2 Å². The summed E-state index contributed by atoms with van der Waals surface area (Å²) in [5.41, 5.74) is 1.15. The molecule has 126 valence electrons. The minimum absolute atomic E-state index is 0.0148. The first kappa shape index (κ1) is 16.2. The molecule has 2 amide bonds. The average molecular weight is 340 g/mol. The van der Waals surface area contributed by atoms with Crippen LogP contribution in [0.15, 0.2) is 48.8 Å². The van der Waals surface area contributed by atoms with Gasteiger partial charge in [0.1, 0.15) is 12.1 Å². The van der Waals surface area contributed by atoms with Crippen molar-refractivity contribution in [2.75, 3.05) is 10.6 Å². The highest BCUT2D eigenvalue weighted by Gasteiger charge is 2.14. The second-order valence-corrected chi connectivity index (χ2v) is 5.10. The topological polar surface area (TPSA) is 102 Å². The Bertz CT molecular complexity index is 926. The van der Waals surface area contributed by atoms with Gasteiger partial charge in [0.25, 0.3) is 5.91 Å². The van der Waals surface area contributed by atoms with Crippen LogP contribution >= 0.6 is 0 Å². The maximum atomic E-state index is 13.7. The molecule has 0 saturated heterocycles. The summed E-state index contributed by atoms with van der Waals surface area (Å²) in [5.74, 6) is -1.43. The van der Waals surface area contributed by atoms with Crippen LogP contribution < -0.4 is 10.6 Å². The first-order chi connectivity index (χ1) is 12.0. The van der Waals surface area contributed by atoms with E-state index in [0.29, 0.717) is 16.9 Å². The molecule has 3 rings (SSSR count). The van der Waals surface area contributed by atoms with Crippen LogP contribution in [0.25, 0.3) is 5.69 Å². The van der Waals surface area contributed by atoms with Gasteiger partial charge < -0.3 is 10.6 Å². The third-order valence-electron chi connectivity index (χ3n) is 3.28. The van der Waals surface area contributed by atoms with Crippen LogP contribution in [0.4, 0.5) is 15.8 Å². The Morgan fingerprint density at radius 2 is 1.92 bits per heavy atom. The summed E-state index contributed by atoms with van der Waals surface area (Å²) in [7, 11) is 0. The lowest BCUT2D eigenvalue weighted by Crippen LogP contribution is -2.16. The minimum Gasteiger partial charge on any atom is -0.324 e. The standard InChI is InChI=1S/C16H13FN6O2/c1-10(24)19-14-8-11(6-7-13(14)17)20-16(25)12-4-2-3-5-15(12)23-9-18-21-22-23/h2-9H,1H3,(H,19,24)(H,20,25). The van der Waals surface area contributed by atoms with Gasteiger partial charge in [0.2, 0.25) is 5.91 Å². The van der Waals surface area contributed by atoms with Crippen molar-refractivity contribution in [3.05, 3.63) is 60.2 Å². The van der Waals surface area contributed by atoms with E-state index < -0.39 is 17.6 Å². The second-order valence-electron chi connectivity index (χ2n) is 5.10. The van der Waals surface area contributed by atoms with Crippen molar-refractivity contribution in [2.45, 2.75) is 6.92 Å². The van der Waals surface area contributed by atoms with Gasteiger partial charge in [-0.25, -0.2) is 4.39 Å². The SMILES string of the molecule is CC(=O)Nc1cc(NC(=O)c2ccccc2-n2cnnn2)ccc1F. The predicted molar refractivity (Wildman–Crippen MR) is 87.8 cm³/mol. The molecule has 0 atom stereocenters. The van der Waals surface area contributed by atoms with E-state index in [-0.39, 0.29) is 5.69 Å². The monoisotopic (exact) mass is 340 g/mol. The number of hydrogen-bond acceptors (Lipinski definition) is 5. The van der Waals surface area contributed by atoms with Gasteiger partial charge in [0.15, 0.2) is 0 Å². The molecule has 0 aliphatic carbocycles. The molecule has 2 N–H and O–H groups in total. The fraction of sp³-hybridized carbons (Fsp3) is 0.0625. The lowest BCUT2D eigenvalue weighted by atomic mass is 10.1. The number of hydrogen-bond donors (Lipinski definition) is 2. The van der Waals surface area contributed by atoms with Crippen molar-refractivity contribution in [2.24, 2.45) is 0 Å². The first-order valence-electron chi connectivity index (χ1n) is 7.25. The van der Waals surface area contributed by atoms with E-state index in [4.69, 9.17) is 0 Å². The number of nitrogens with one attached hydrogen (secondary N) is 2. The van der Waals surface area contributed by atoms with Gasteiger partial charge in [-0.3, -0.25) is 9.59 Å². The Morgan fingerprint density at radius 3 is 2.64 bits per heavy atom. The molecule has 0 unspecified atom stereocenters. The molecule has 0 bridgehead atoms. The Morgan fingerprint density at radius 1 is 1.12 bits per heavy atom. The number of anilines is 2. The number of halogens is 1. The zero-order valence-corrected chi connectivity index (χ0v) is 13.1. The number of tetrazole rings is 1. The second kappa shape index (κ2) is 6.87. The van der Waals surface area contributed by atoms with Crippen LogP contribution in [0.2, 0.25) is 0 Å². The predicted octanol–water partition coefficient (Wildman–Crippen LogP) is 2.01. The Balaban J connectivity index is 1.88. The highest BCUT2D eigenvalue weighted by Crippen LogP contribution is 2.21. The summed E-state index contributed by atoms with van der Waals surface area (Å²) in [6.07, 6.45) is 1.37. The van der Waals surface area contributed by atoms with E-state index in [1.54, 1.807) is 24.3 Å². The molecule has 8 nitrogen and oxygen atoms in total. The third kappa shape index (κ3) is 3.66. The summed E-state index contributed by atoms with van der Waals surface area (Å²) in [5, 5.41) is 15.9. The molecule has 0 spiro atoms. The largest absolute Gasteiger partial charge is 0.324 e. The average Bonchev–Trinajstić information content (AvgIpc) is 3.12. The van der Waals surface area contributed by atoms with E-state index in [1.165, 1.54) is 30.1 Å².